The van der Waals surface area contributed by atoms with E-state index in [0.29, 0.717) is 27.3 Å². The lowest BCUT2D eigenvalue weighted by atomic mass is 10.2. The monoisotopic (exact) mass is 413 g/mol. The number of hydrogen-bond donors (Lipinski definition) is 1. The van der Waals surface area contributed by atoms with Crippen molar-refractivity contribution in [2.24, 2.45) is 5.10 Å². The van der Waals surface area contributed by atoms with Gasteiger partial charge in [-0.2, -0.15) is 5.10 Å². The van der Waals surface area contributed by atoms with Crippen molar-refractivity contribution in [2.75, 3.05) is 7.11 Å². The van der Waals surface area contributed by atoms with Crippen molar-refractivity contribution in [3.8, 4) is 11.5 Å². The third kappa shape index (κ3) is 4.69. The van der Waals surface area contributed by atoms with Crippen molar-refractivity contribution >= 4 is 39.2 Å². The third-order valence-corrected chi connectivity index (χ3v) is 5.00. The van der Waals surface area contributed by atoms with E-state index in [1.807, 2.05) is 13.8 Å². The van der Waals surface area contributed by atoms with E-state index in [4.69, 9.17) is 9.47 Å². The molecule has 0 saturated carbocycles. The lowest BCUT2D eigenvalue weighted by Crippen LogP contribution is -2.16. The summed E-state index contributed by atoms with van der Waals surface area (Å²) in [6.07, 6.45) is 1.42. The van der Waals surface area contributed by atoms with Gasteiger partial charge in [0.25, 0.3) is 11.6 Å². The fraction of sp³-hybridized carbons (Fsp3) is 0.200. The number of methoxy groups -OCH3 is 1. The van der Waals surface area contributed by atoms with Gasteiger partial charge in [0, 0.05) is 27.8 Å². The summed E-state index contributed by atoms with van der Waals surface area (Å²) >= 11 is 1.24. The quantitative estimate of drug-likeness (QED) is 0.352. The van der Waals surface area contributed by atoms with Gasteiger partial charge >= 0.3 is 0 Å². The Morgan fingerprint density at radius 1 is 1.28 bits per heavy atom. The Balaban J connectivity index is 1.78. The van der Waals surface area contributed by atoms with Crippen LogP contribution in [-0.4, -0.2) is 30.3 Å². The first-order chi connectivity index (χ1) is 13.9. The molecular formula is C20H19N3O5S. The van der Waals surface area contributed by atoms with Gasteiger partial charge in [-0.3, -0.25) is 14.9 Å². The second-order valence-corrected chi connectivity index (χ2v) is 7.42. The molecule has 0 bridgehead atoms. The molecule has 9 heteroatoms. The van der Waals surface area contributed by atoms with Crippen LogP contribution in [0.3, 0.4) is 0 Å². The molecule has 0 fully saturated rings. The molecule has 0 radical (unpaired) electrons. The van der Waals surface area contributed by atoms with Gasteiger partial charge in [-0.05, 0) is 38.1 Å². The number of thiophene rings is 1. The number of hydrogen-bond acceptors (Lipinski definition) is 7. The average Bonchev–Trinajstić information content (AvgIpc) is 3.12. The van der Waals surface area contributed by atoms with Crippen LogP contribution in [0, 0.1) is 10.1 Å². The summed E-state index contributed by atoms with van der Waals surface area (Å²) < 4.78 is 11.9. The smallest absolute Gasteiger partial charge is 0.281 e. The topological polar surface area (TPSA) is 103 Å². The van der Waals surface area contributed by atoms with Crippen LogP contribution < -0.4 is 14.9 Å². The molecule has 0 aliphatic rings. The van der Waals surface area contributed by atoms with E-state index in [-0.39, 0.29) is 11.8 Å². The molecule has 0 aliphatic heterocycles. The van der Waals surface area contributed by atoms with E-state index < -0.39 is 10.8 Å². The van der Waals surface area contributed by atoms with Crippen LogP contribution in [0.5, 0.6) is 11.5 Å². The molecule has 1 aromatic heterocycles. The number of hydrazone groups is 1. The lowest BCUT2D eigenvalue weighted by Gasteiger charge is -2.15. The first kappa shape index (κ1) is 20.3. The second-order valence-electron chi connectivity index (χ2n) is 6.33. The molecule has 3 aromatic rings. The summed E-state index contributed by atoms with van der Waals surface area (Å²) in [5.74, 6) is 0.705. The molecule has 1 heterocycles. The number of carbonyl (C=O) groups excluding carboxylic acids is 1. The van der Waals surface area contributed by atoms with Gasteiger partial charge in [-0.15, -0.1) is 11.3 Å². The van der Waals surface area contributed by atoms with Crippen molar-refractivity contribution in [1.82, 2.24) is 5.43 Å². The second kappa shape index (κ2) is 8.70. The van der Waals surface area contributed by atoms with Gasteiger partial charge in [0.05, 0.1) is 29.2 Å². The minimum Gasteiger partial charge on any atom is -0.493 e. The van der Waals surface area contributed by atoms with Gasteiger partial charge in [0.2, 0.25) is 0 Å². The highest BCUT2D eigenvalue weighted by Gasteiger charge is 2.14. The number of benzene rings is 2. The summed E-state index contributed by atoms with van der Waals surface area (Å²) in [4.78, 5) is 23.2. The largest absolute Gasteiger partial charge is 0.493 e. The summed E-state index contributed by atoms with van der Waals surface area (Å²) in [6, 6.07) is 11.5. The van der Waals surface area contributed by atoms with Gasteiger partial charge in [-0.25, -0.2) is 5.43 Å². The highest BCUT2D eigenvalue weighted by Crippen LogP contribution is 2.31. The number of nitrogens with zero attached hydrogens (tertiary/aromatic N) is 2. The first-order valence-corrected chi connectivity index (χ1v) is 9.55. The van der Waals surface area contributed by atoms with Gasteiger partial charge < -0.3 is 9.47 Å². The highest BCUT2D eigenvalue weighted by molar-refractivity contribution is 7.20. The van der Waals surface area contributed by atoms with Crippen molar-refractivity contribution in [3.63, 3.8) is 0 Å². The molecule has 3 rings (SSSR count). The number of nitro groups is 1. The summed E-state index contributed by atoms with van der Waals surface area (Å²) in [7, 11) is 1.55. The Kier molecular flexibility index (Phi) is 6.08. The summed E-state index contributed by atoms with van der Waals surface area (Å²) in [6.45, 7) is 3.81. The molecule has 2 aromatic carbocycles. The maximum Gasteiger partial charge on any atom is 0.281 e. The van der Waals surface area contributed by atoms with Gasteiger partial charge in [-0.1, -0.05) is 6.07 Å². The lowest BCUT2D eigenvalue weighted by molar-refractivity contribution is -0.384. The number of non-ortho nitro benzene ring substituents is 1. The van der Waals surface area contributed by atoms with Crippen molar-refractivity contribution < 1.29 is 19.2 Å². The number of amides is 1. The molecule has 1 amide bonds. The Bertz CT molecular complexity index is 1090. The van der Waals surface area contributed by atoms with Crippen LogP contribution >= 0.6 is 11.3 Å². The molecule has 8 nitrogen and oxygen atoms in total. The number of nitrogens with one attached hydrogen (secondary N) is 1. The van der Waals surface area contributed by atoms with Crippen LogP contribution in [0.25, 0.3) is 10.1 Å². The van der Waals surface area contributed by atoms with E-state index >= 15 is 0 Å². The van der Waals surface area contributed by atoms with Crippen LogP contribution in [0.15, 0.2) is 47.6 Å². The predicted octanol–water partition coefficient (Wildman–Crippen LogP) is 4.37. The normalized spacial score (nSPS) is 11.2. The molecule has 0 atom stereocenters. The Labute approximate surface area is 170 Å². The van der Waals surface area contributed by atoms with Crippen LogP contribution in [0.1, 0.15) is 29.1 Å². The predicted molar refractivity (Wildman–Crippen MR) is 112 cm³/mol. The number of carbonyl (C=O) groups is 1. The molecular weight excluding hydrogens is 394 g/mol. The van der Waals surface area contributed by atoms with E-state index in [1.165, 1.54) is 29.7 Å². The van der Waals surface area contributed by atoms with E-state index in [2.05, 4.69) is 10.5 Å². The van der Waals surface area contributed by atoms with E-state index in [9.17, 15) is 14.9 Å². The molecule has 150 valence electrons. The molecule has 0 spiro atoms. The minimum atomic E-state index is -0.466. The zero-order chi connectivity index (χ0) is 21.0. The third-order valence-electron chi connectivity index (χ3n) is 3.89. The average molecular weight is 413 g/mol. The zero-order valence-corrected chi connectivity index (χ0v) is 16.9. The summed E-state index contributed by atoms with van der Waals surface area (Å²) in [5, 5.41) is 15.5. The fourth-order valence-corrected chi connectivity index (χ4v) is 3.56. The summed E-state index contributed by atoms with van der Waals surface area (Å²) in [5.41, 5.74) is 3.11. The first-order valence-electron chi connectivity index (χ1n) is 8.74. The van der Waals surface area contributed by atoms with Crippen molar-refractivity contribution in [3.05, 3.63) is 63.0 Å². The Morgan fingerprint density at radius 2 is 2.07 bits per heavy atom. The standard InChI is InChI=1S/C20H19N3O5S/c1-12(2)28-19-13(5-4-6-16(19)27-3)11-21-22-20(24)18-10-14-9-15(23(25)26)7-8-17(14)29-18/h4-12H,1-3H3,(H,22,24). The molecule has 0 saturated heterocycles. The molecule has 1 N–H and O–H groups in total. The number of rotatable bonds is 7. The number of fused-ring (bicyclic) bond motifs is 1. The van der Waals surface area contributed by atoms with Crippen LogP contribution in [0.4, 0.5) is 5.69 Å². The number of ether oxygens (including phenoxy) is 2. The van der Waals surface area contributed by atoms with E-state index in [1.54, 1.807) is 37.4 Å². The van der Waals surface area contributed by atoms with Crippen LogP contribution in [0.2, 0.25) is 0 Å². The Morgan fingerprint density at radius 3 is 2.76 bits per heavy atom. The molecule has 29 heavy (non-hydrogen) atoms. The molecule has 0 unspecified atom stereocenters. The van der Waals surface area contributed by atoms with Gasteiger partial charge in [0.15, 0.2) is 11.5 Å². The van der Waals surface area contributed by atoms with E-state index in [0.717, 1.165) is 4.70 Å². The minimum absolute atomic E-state index is 0.0176. The highest BCUT2D eigenvalue weighted by atomic mass is 32.1. The Hall–Kier alpha value is -3.46. The zero-order valence-electron chi connectivity index (χ0n) is 16.0. The number of para-hydroxylation sites is 1. The maximum absolute atomic E-state index is 12.4. The number of nitro benzene ring substituents is 1. The molecule has 0 aliphatic carbocycles. The maximum atomic E-state index is 12.4. The fourth-order valence-electron chi connectivity index (χ4n) is 2.63. The van der Waals surface area contributed by atoms with Crippen LogP contribution in [-0.2, 0) is 0 Å². The van der Waals surface area contributed by atoms with Gasteiger partial charge in [0.1, 0.15) is 0 Å². The van der Waals surface area contributed by atoms with Crippen molar-refractivity contribution in [1.29, 1.82) is 0 Å². The van der Waals surface area contributed by atoms with Crippen molar-refractivity contribution in [2.45, 2.75) is 20.0 Å². The SMILES string of the molecule is COc1cccc(C=NNC(=O)c2cc3cc([N+](=O)[O-])ccc3s2)c1OC(C)C.